The van der Waals surface area contributed by atoms with Gasteiger partial charge in [0.15, 0.2) is 0 Å². The zero-order valence-corrected chi connectivity index (χ0v) is 15.4. The van der Waals surface area contributed by atoms with Crippen LogP contribution in [0.1, 0.15) is 41.5 Å². The van der Waals surface area contributed by atoms with Gasteiger partial charge in [0.25, 0.3) is 8.32 Å². The minimum atomic E-state index is -1.97. The van der Waals surface area contributed by atoms with Gasteiger partial charge in [-0.25, -0.2) is 4.39 Å². The first-order chi connectivity index (χ1) is 10.3. The number of fused-ring (bicyclic) bond motifs is 1. The Morgan fingerprint density at radius 1 is 0.955 bits per heavy atom. The molecule has 0 aliphatic heterocycles. The molecule has 0 saturated heterocycles. The fraction of sp³-hybridized carbons (Fsp3) is 0.474. The minimum Gasteiger partial charge on any atom is -0.543 e. The molecule has 2 aromatic rings. The summed E-state index contributed by atoms with van der Waals surface area (Å²) >= 11 is 0. The van der Waals surface area contributed by atoms with Gasteiger partial charge in [0.05, 0.1) is 0 Å². The van der Waals surface area contributed by atoms with Crippen LogP contribution in [-0.2, 0) is 0 Å². The van der Waals surface area contributed by atoms with Gasteiger partial charge in [-0.3, -0.25) is 0 Å². The first-order valence-corrected chi connectivity index (χ1v) is 10.2. The van der Waals surface area contributed by atoms with E-state index in [1.54, 1.807) is 0 Å². The Bertz CT molecular complexity index is 627. The summed E-state index contributed by atoms with van der Waals surface area (Å²) in [5.41, 5.74) is 1.55. The summed E-state index contributed by atoms with van der Waals surface area (Å²) < 4.78 is 20.4. The molecule has 1 nitrogen and oxygen atoms in total. The quantitative estimate of drug-likeness (QED) is 0.585. The van der Waals surface area contributed by atoms with Gasteiger partial charge in [0, 0.05) is 5.39 Å². The maximum absolute atomic E-state index is 13.8. The Labute approximate surface area is 134 Å². The molecular formula is C19H26FOSi. The van der Waals surface area contributed by atoms with Gasteiger partial charge in [-0.1, -0.05) is 41.5 Å². The van der Waals surface area contributed by atoms with E-state index in [-0.39, 0.29) is 5.82 Å². The molecule has 3 heteroatoms. The SMILES string of the molecule is CC(C)[Si](Oc1ccc2c(F)c[c]cc2c1)(C(C)C)C(C)C. The molecule has 0 amide bonds. The van der Waals surface area contributed by atoms with Gasteiger partial charge in [-0.05, 0) is 58.4 Å². The van der Waals surface area contributed by atoms with E-state index in [1.807, 2.05) is 24.3 Å². The summed E-state index contributed by atoms with van der Waals surface area (Å²) in [5.74, 6) is 0.624. The molecule has 2 aromatic carbocycles. The fourth-order valence-corrected chi connectivity index (χ4v) is 9.02. The second-order valence-electron chi connectivity index (χ2n) is 6.97. The normalized spacial score (nSPS) is 12.6. The summed E-state index contributed by atoms with van der Waals surface area (Å²) in [6.07, 6.45) is 0. The van der Waals surface area contributed by atoms with Crippen LogP contribution < -0.4 is 4.43 Å². The van der Waals surface area contributed by atoms with E-state index in [4.69, 9.17) is 4.43 Å². The molecule has 1 radical (unpaired) electrons. The average molecular weight is 318 g/mol. The molecule has 0 saturated carbocycles. The second-order valence-corrected chi connectivity index (χ2v) is 12.3. The summed E-state index contributed by atoms with van der Waals surface area (Å²) in [7, 11) is -1.97. The molecule has 0 atom stereocenters. The van der Waals surface area contributed by atoms with Crippen molar-refractivity contribution >= 4 is 19.1 Å². The van der Waals surface area contributed by atoms with Gasteiger partial charge in [0.2, 0.25) is 0 Å². The van der Waals surface area contributed by atoms with E-state index in [9.17, 15) is 4.39 Å². The Morgan fingerprint density at radius 2 is 1.55 bits per heavy atom. The molecule has 22 heavy (non-hydrogen) atoms. The van der Waals surface area contributed by atoms with E-state index in [0.717, 1.165) is 11.1 Å². The molecule has 0 N–H and O–H groups in total. The van der Waals surface area contributed by atoms with Crippen molar-refractivity contribution < 1.29 is 8.82 Å². The maximum Gasteiger partial charge on any atom is 0.258 e. The van der Waals surface area contributed by atoms with Crippen molar-refractivity contribution in [2.24, 2.45) is 0 Å². The molecule has 0 unspecified atom stereocenters. The van der Waals surface area contributed by atoms with Crippen LogP contribution in [0, 0.1) is 11.9 Å². The first kappa shape index (κ1) is 17.0. The Hall–Kier alpha value is -1.35. The molecular weight excluding hydrogens is 291 g/mol. The van der Waals surface area contributed by atoms with E-state index in [0.29, 0.717) is 22.0 Å². The molecule has 2 rings (SSSR count). The smallest absolute Gasteiger partial charge is 0.258 e. The van der Waals surface area contributed by atoms with Crippen LogP contribution in [0.4, 0.5) is 4.39 Å². The van der Waals surface area contributed by atoms with Crippen molar-refractivity contribution in [1.82, 2.24) is 0 Å². The van der Waals surface area contributed by atoms with Crippen molar-refractivity contribution in [1.29, 1.82) is 0 Å². The van der Waals surface area contributed by atoms with Crippen LogP contribution in [0.15, 0.2) is 30.3 Å². The molecule has 0 spiro atoms. The lowest BCUT2D eigenvalue weighted by atomic mass is 10.1. The highest BCUT2D eigenvalue weighted by atomic mass is 28.4. The first-order valence-electron chi connectivity index (χ1n) is 8.07. The highest BCUT2D eigenvalue weighted by Crippen LogP contribution is 2.43. The lowest BCUT2D eigenvalue weighted by molar-refractivity contribution is 0.480. The van der Waals surface area contributed by atoms with Gasteiger partial charge in [0.1, 0.15) is 11.6 Å². The van der Waals surface area contributed by atoms with Crippen LogP contribution in [0.3, 0.4) is 0 Å². The molecule has 0 aliphatic rings. The highest BCUT2D eigenvalue weighted by molar-refractivity contribution is 6.78. The van der Waals surface area contributed by atoms with Crippen molar-refractivity contribution in [3.05, 3.63) is 42.2 Å². The molecule has 0 bridgehead atoms. The number of hydrogen-bond donors (Lipinski definition) is 0. The predicted molar refractivity (Wildman–Crippen MR) is 94.4 cm³/mol. The van der Waals surface area contributed by atoms with E-state index >= 15 is 0 Å². The third-order valence-electron chi connectivity index (χ3n) is 4.73. The van der Waals surface area contributed by atoms with E-state index in [2.05, 4.69) is 47.6 Å². The lowest BCUT2D eigenvalue weighted by Gasteiger charge is -2.42. The third kappa shape index (κ3) is 2.91. The fourth-order valence-electron chi connectivity index (χ4n) is 3.78. The van der Waals surface area contributed by atoms with Crippen molar-refractivity contribution in [2.75, 3.05) is 0 Å². The van der Waals surface area contributed by atoms with Gasteiger partial charge >= 0.3 is 0 Å². The summed E-state index contributed by atoms with van der Waals surface area (Å²) in [5, 5.41) is 1.47. The molecule has 0 aliphatic carbocycles. The number of benzene rings is 2. The lowest BCUT2D eigenvalue weighted by Crippen LogP contribution is -2.50. The van der Waals surface area contributed by atoms with Crippen LogP contribution in [0.5, 0.6) is 5.75 Å². The molecule has 0 aromatic heterocycles. The molecule has 0 fully saturated rings. The maximum atomic E-state index is 13.8. The van der Waals surface area contributed by atoms with E-state index in [1.165, 1.54) is 6.07 Å². The van der Waals surface area contributed by atoms with Crippen LogP contribution in [-0.4, -0.2) is 8.32 Å². The molecule has 0 heterocycles. The zero-order chi connectivity index (χ0) is 16.5. The summed E-state index contributed by atoms with van der Waals surface area (Å²) in [4.78, 5) is 0. The third-order valence-corrected chi connectivity index (χ3v) is 10.7. The topological polar surface area (TPSA) is 9.23 Å². The summed E-state index contributed by atoms with van der Waals surface area (Å²) in [6.45, 7) is 13.6. The predicted octanol–water partition coefficient (Wildman–Crippen LogP) is 6.33. The highest BCUT2D eigenvalue weighted by Gasteiger charge is 2.46. The zero-order valence-electron chi connectivity index (χ0n) is 14.4. The van der Waals surface area contributed by atoms with Gasteiger partial charge in [-0.2, -0.15) is 0 Å². The number of halogens is 1. The van der Waals surface area contributed by atoms with Crippen LogP contribution in [0.25, 0.3) is 10.8 Å². The standard InChI is InChI=1S/C19H26FOSi/c1-13(2)22(14(3)4,15(5)6)21-17-10-11-18-16(12-17)8-7-9-19(18)20/h8-15H,1-6H3. The van der Waals surface area contributed by atoms with Crippen LogP contribution in [0.2, 0.25) is 16.6 Å². The Morgan fingerprint density at radius 3 is 2.09 bits per heavy atom. The Kier molecular flexibility index (Phi) is 4.96. The van der Waals surface area contributed by atoms with Crippen LogP contribution >= 0.6 is 0 Å². The second kappa shape index (κ2) is 6.41. The van der Waals surface area contributed by atoms with Gasteiger partial charge in [-0.15, -0.1) is 0 Å². The number of hydrogen-bond acceptors (Lipinski definition) is 1. The van der Waals surface area contributed by atoms with E-state index < -0.39 is 8.32 Å². The molecule has 119 valence electrons. The van der Waals surface area contributed by atoms with Crippen molar-refractivity contribution in [3.63, 3.8) is 0 Å². The largest absolute Gasteiger partial charge is 0.543 e. The number of rotatable bonds is 5. The summed E-state index contributed by atoms with van der Waals surface area (Å²) in [6, 6.07) is 11.7. The van der Waals surface area contributed by atoms with Crippen molar-refractivity contribution in [2.45, 2.75) is 58.2 Å². The van der Waals surface area contributed by atoms with Gasteiger partial charge < -0.3 is 4.43 Å². The monoisotopic (exact) mass is 317 g/mol. The average Bonchev–Trinajstić information content (AvgIpc) is 2.43. The Balaban J connectivity index is 2.47. The van der Waals surface area contributed by atoms with Crippen molar-refractivity contribution in [3.8, 4) is 5.75 Å². The minimum absolute atomic E-state index is 0.232.